The molecule has 120 valence electrons. The Hall–Kier alpha value is -2.70. The highest BCUT2D eigenvalue weighted by molar-refractivity contribution is 5.94. The quantitative estimate of drug-likeness (QED) is 0.912. The van der Waals surface area contributed by atoms with Gasteiger partial charge in [-0.3, -0.25) is 14.3 Å². The minimum Gasteiger partial charge on any atom is -0.364 e. The molecule has 7 heteroatoms. The number of piperidine rings is 1. The Bertz CT molecular complexity index is 740. The maximum absolute atomic E-state index is 12.5. The molecule has 0 aliphatic carbocycles. The number of aryl methyl sites for hydroxylation is 1. The van der Waals surface area contributed by atoms with Crippen molar-refractivity contribution in [2.45, 2.75) is 18.8 Å². The number of rotatable bonds is 3. The van der Waals surface area contributed by atoms with Crippen LogP contribution in [0.2, 0.25) is 0 Å². The van der Waals surface area contributed by atoms with Gasteiger partial charge in [-0.1, -0.05) is 6.07 Å². The number of hydrogen-bond acceptors (Lipinski definition) is 4. The molecule has 1 atom stereocenters. The lowest BCUT2D eigenvalue weighted by Crippen LogP contribution is -2.39. The van der Waals surface area contributed by atoms with E-state index < -0.39 is 5.91 Å². The number of carbonyl (C=O) groups is 2. The summed E-state index contributed by atoms with van der Waals surface area (Å²) in [6.07, 6.45) is 5.14. The second-order valence-electron chi connectivity index (χ2n) is 5.80. The largest absolute Gasteiger partial charge is 0.364 e. The summed E-state index contributed by atoms with van der Waals surface area (Å²) in [7, 11) is 1.79. The van der Waals surface area contributed by atoms with Crippen molar-refractivity contribution in [3.63, 3.8) is 0 Å². The van der Waals surface area contributed by atoms with E-state index in [-0.39, 0.29) is 17.5 Å². The number of pyridine rings is 1. The van der Waals surface area contributed by atoms with Crippen molar-refractivity contribution in [3.05, 3.63) is 47.5 Å². The molecule has 1 saturated heterocycles. The van der Waals surface area contributed by atoms with Crippen molar-refractivity contribution in [3.8, 4) is 0 Å². The van der Waals surface area contributed by atoms with E-state index in [0.29, 0.717) is 12.1 Å². The number of amides is 2. The van der Waals surface area contributed by atoms with Gasteiger partial charge in [-0.2, -0.15) is 5.10 Å². The Morgan fingerprint density at radius 2 is 2.17 bits per heavy atom. The predicted molar refractivity (Wildman–Crippen MR) is 83.8 cm³/mol. The first kappa shape index (κ1) is 15.2. The summed E-state index contributed by atoms with van der Waals surface area (Å²) in [6, 6.07) is 5.27. The number of hydrogen-bond donors (Lipinski definition) is 1. The summed E-state index contributed by atoms with van der Waals surface area (Å²) in [5.41, 5.74) is 6.95. The zero-order chi connectivity index (χ0) is 16.4. The van der Waals surface area contributed by atoms with E-state index in [9.17, 15) is 9.59 Å². The van der Waals surface area contributed by atoms with E-state index in [0.717, 1.165) is 25.1 Å². The van der Waals surface area contributed by atoms with Gasteiger partial charge >= 0.3 is 0 Å². The monoisotopic (exact) mass is 313 g/mol. The Balaban J connectivity index is 1.77. The van der Waals surface area contributed by atoms with Gasteiger partial charge in [0.1, 0.15) is 5.69 Å². The van der Waals surface area contributed by atoms with Gasteiger partial charge in [-0.15, -0.1) is 0 Å². The van der Waals surface area contributed by atoms with Crippen LogP contribution in [0.3, 0.4) is 0 Å². The summed E-state index contributed by atoms with van der Waals surface area (Å²) in [5, 5.41) is 4.05. The first-order chi connectivity index (χ1) is 11.0. The molecule has 3 heterocycles. The van der Waals surface area contributed by atoms with Crippen LogP contribution in [-0.4, -0.2) is 44.6 Å². The van der Waals surface area contributed by atoms with Gasteiger partial charge in [-0.05, 0) is 25.0 Å². The van der Waals surface area contributed by atoms with E-state index >= 15 is 0 Å². The number of carbonyl (C=O) groups excluding carboxylic acids is 2. The second kappa shape index (κ2) is 6.20. The van der Waals surface area contributed by atoms with Crippen molar-refractivity contribution in [1.29, 1.82) is 0 Å². The first-order valence-electron chi connectivity index (χ1n) is 7.59. The van der Waals surface area contributed by atoms with E-state index in [1.807, 2.05) is 11.0 Å². The predicted octanol–water partition coefficient (Wildman–Crippen LogP) is 0.934. The molecule has 1 aliphatic rings. The summed E-state index contributed by atoms with van der Waals surface area (Å²) >= 11 is 0. The normalized spacial score (nSPS) is 18.0. The zero-order valence-electron chi connectivity index (χ0n) is 13.0. The third-order valence-electron chi connectivity index (χ3n) is 4.10. The molecular formula is C16H19N5O2. The van der Waals surface area contributed by atoms with Crippen LogP contribution in [0, 0.1) is 0 Å². The van der Waals surface area contributed by atoms with Gasteiger partial charge in [0.2, 0.25) is 0 Å². The van der Waals surface area contributed by atoms with Crippen LogP contribution in [0.5, 0.6) is 0 Å². The van der Waals surface area contributed by atoms with Crippen LogP contribution in [-0.2, 0) is 7.05 Å². The molecule has 0 spiro atoms. The molecule has 0 saturated carbocycles. The SMILES string of the molecule is Cn1cc(C(=O)N2CCC[C@@H](c3cccc(C(N)=O)n3)C2)cn1. The smallest absolute Gasteiger partial charge is 0.267 e. The number of likely N-dealkylation sites (tertiary alicyclic amines) is 1. The fourth-order valence-corrected chi connectivity index (χ4v) is 2.93. The molecule has 2 aromatic rings. The van der Waals surface area contributed by atoms with Crippen molar-refractivity contribution in [2.75, 3.05) is 13.1 Å². The van der Waals surface area contributed by atoms with E-state index in [4.69, 9.17) is 5.73 Å². The van der Waals surface area contributed by atoms with Gasteiger partial charge in [0.05, 0.1) is 11.8 Å². The Morgan fingerprint density at radius 1 is 1.35 bits per heavy atom. The average Bonchev–Trinajstić information content (AvgIpc) is 3.01. The molecule has 1 fully saturated rings. The number of nitrogens with zero attached hydrogens (tertiary/aromatic N) is 4. The third-order valence-corrected chi connectivity index (χ3v) is 4.10. The highest BCUT2D eigenvalue weighted by Gasteiger charge is 2.27. The van der Waals surface area contributed by atoms with Gasteiger partial charge < -0.3 is 10.6 Å². The molecule has 23 heavy (non-hydrogen) atoms. The van der Waals surface area contributed by atoms with E-state index in [2.05, 4.69) is 10.1 Å². The Kier molecular flexibility index (Phi) is 4.10. The maximum Gasteiger partial charge on any atom is 0.267 e. The number of primary amides is 1. The zero-order valence-corrected chi connectivity index (χ0v) is 13.0. The van der Waals surface area contributed by atoms with Crippen LogP contribution < -0.4 is 5.73 Å². The lowest BCUT2D eigenvalue weighted by molar-refractivity contribution is 0.0705. The van der Waals surface area contributed by atoms with E-state index in [1.165, 1.54) is 0 Å². The lowest BCUT2D eigenvalue weighted by Gasteiger charge is -2.32. The molecule has 1 aliphatic heterocycles. The van der Waals surface area contributed by atoms with Crippen LogP contribution in [0.4, 0.5) is 0 Å². The molecule has 0 aromatic carbocycles. The molecule has 0 unspecified atom stereocenters. The molecule has 3 rings (SSSR count). The first-order valence-corrected chi connectivity index (χ1v) is 7.59. The number of aromatic nitrogens is 3. The highest BCUT2D eigenvalue weighted by atomic mass is 16.2. The second-order valence-corrected chi connectivity index (χ2v) is 5.80. The van der Waals surface area contributed by atoms with Crippen molar-refractivity contribution in [2.24, 2.45) is 12.8 Å². The third kappa shape index (κ3) is 3.23. The van der Waals surface area contributed by atoms with Gasteiger partial charge in [0, 0.05) is 37.9 Å². The van der Waals surface area contributed by atoms with Crippen LogP contribution in [0.25, 0.3) is 0 Å². The molecule has 2 N–H and O–H groups in total. The fraction of sp³-hybridized carbons (Fsp3) is 0.375. The van der Waals surface area contributed by atoms with Crippen LogP contribution >= 0.6 is 0 Å². The maximum atomic E-state index is 12.5. The van der Waals surface area contributed by atoms with Gasteiger partial charge in [-0.25, -0.2) is 4.98 Å². The highest BCUT2D eigenvalue weighted by Crippen LogP contribution is 2.26. The van der Waals surface area contributed by atoms with Crippen LogP contribution in [0.1, 0.15) is 45.3 Å². The summed E-state index contributed by atoms with van der Waals surface area (Å²) in [5.74, 6) is -0.441. The molecule has 0 radical (unpaired) electrons. The van der Waals surface area contributed by atoms with Crippen LogP contribution in [0.15, 0.2) is 30.6 Å². The van der Waals surface area contributed by atoms with E-state index in [1.54, 1.807) is 36.3 Å². The average molecular weight is 313 g/mol. The number of nitrogens with two attached hydrogens (primary N) is 1. The lowest BCUT2D eigenvalue weighted by atomic mass is 9.93. The van der Waals surface area contributed by atoms with Crippen molar-refractivity contribution < 1.29 is 9.59 Å². The summed E-state index contributed by atoms with van der Waals surface area (Å²) in [6.45, 7) is 1.31. The minimum absolute atomic E-state index is 0.0196. The summed E-state index contributed by atoms with van der Waals surface area (Å²) < 4.78 is 1.62. The van der Waals surface area contributed by atoms with Crippen molar-refractivity contribution >= 4 is 11.8 Å². The molecule has 0 bridgehead atoms. The van der Waals surface area contributed by atoms with Crippen molar-refractivity contribution in [1.82, 2.24) is 19.7 Å². The molecular weight excluding hydrogens is 294 g/mol. The molecule has 2 aromatic heterocycles. The molecule has 7 nitrogen and oxygen atoms in total. The Labute approximate surface area is 134 Å². The van der Waals surface area contributed by atoms with Gasteiger partial charge in [0.15, 0.2) is 0 Å². The molecule has 2 amide bonds. The standard InChI is InChI=1S/C16H19N5O2/c1-20-9-12(8-18-20)16(23)21-7-3-4-11(10-21)13-5-2-6-14(19-13)15(17)22/h2,5-6,8-9,11H,3-4,7,10H2,1H3,(H2,17,22)/t11-/m1/s1. The van der Waals surface area contributed by atoms with Gasteiger partial charge in [0.25, 0.3) is 11.8 Å². The topological polar surface area (TPSA) is 94.1 Å². The Morgan fingerprint density at radius 3 is 2.87 bits per heavy atom. The summed E-state index contributed by atoms with van der Waals surface area (Å²) in [4.78, 5) is 30.0. The fourth-order valence-electron chi connectivity index (χ4n) is 2.93. The minimum atomic E-state index is -0.536.